The van der Waals surface area contributed by atoms with Gasteiger partial charge in [0.15, 0.2) is 11.6 Å². The number of carbonyl (C=O) groups is 1. The van der Waals surface area contributed by atoms with Crippen molar-refractivity contribution < 1.29 is 18.3 Å². The molecule has 1 aliphatic heterocycles. The Bertz CT molecular complexity index is 405. The second-order valence-electron chi connectivity index (χ2n) is 3.73. The molecule has 16 heavy (non-hydrogen) atoms. The predicted octanol–water partition coefficient (Wildman–Crippen LogP) is 1.02. The fourth-order valence-electron chi connectivity index (χ4n) is 1.43. The predicted molar refractivity (Wildman–Crippen MR) is 52.8 cm³/mol. The molecule has 1 amide bonds. The number of halogens is 2. The van der Waals surface area contributed by atoms with Crippen LogP contribution < -0.4 is 5.32 Å². The standard InChI is InChI=1S/C11H11F2NO2/c12-9-2-1-7(3-10(9)13)4-11(15)14-8-5-16-6-8/h1-3,8H,4-6H2,(H,14,15). The molecule has 1 saturated heterocycles. The number of hydrogen-bond donors (Lipinski definition) is 1. The van der Waals surface area contributed by atoms with Crippen LogP contribution >= 0.6 is 0 Å². The lowest BCUT2D eigenvalue weighted by atomic mass is 10.1. The van der Waals surface area contributed by atoms with E-state index in [2.05, 4.69) is 5.32 Å². The zero-order valence-electron chi connectivity index (χ0n) is 8.50. The van der Waals surface area contributed by atoms with Gasteiger partial charge >= 0.3 is 0 Å². The molecule has 1 aromatic rings. The summed E-state index contributed by atoms with van der Waals surface area (Å²) in [5.41, 5.74) is 0.455. The van der Waals surface area contributed by atoms with Crippen LogP contribution in [0.1, 0.15) is 5.56 Å². The van der Waals surface area contributed by atoms with E-state index in [9.17, 15) is 13.6 Å². The normalized spacial score (nSPS) is 15.6. The van der Waals surface area contributed by atoms with Gasteiger partial charge in [-0.1, -0.05) is 6.07 Å². The summed E-state index contributed by atoms with van der Waals surface area (Å²) in [5, 5.41) is 2.72. The summed E-state index contributed by atoms with van der Waals surface area (Å²) in [6, 6.07) is 3.50. The Hall–Kier alpha value is -1.49. The highest BCUT2D eigenvalue weighted by molar-refractivity contribution is 5.78. The summed E-state index contributed by atoms with van der Waals surface area (Å²) in [6.45, 7) is 1.03. The van der Waals surface area contributed by atoms with Crippen LogP contribution in [0.5, 0.6) is 0 Å². The van der Waals surface area contributed by atoms with Gasteiger partial charge in [-0.2, -0.15) is 0 Å². The molecule has 0 aromatic heterocycles. The molecule has 0 saturated carbocycles. The lowest BCUT2D eigenvalue weighted by Crippen LogP contribution is -2.49. The van der Waals surface area contributed by atoms with E-state index in [4.69, 9.17) is 4.74 Å². The maximum Gasteiger partial charge on any atom is 0.224 e. The molecular formula is C11H11F2NO2. The van der Waals surface area contributed by atoms with Crippen molar-refractivity contribution in [3.8, 4) is 0 Å². The number of carbonyl (C=O) groups excluding carboxylic acids is 1. The molecule has 5 heteroatoms. The van der Waals surface area contributed by atoms with Crippen LogP contribution in [0.3, 0.4) is 0 Å². The third-order valence-electron chi connectivity index (χ3n) is 2.35. The minimum Gasteiger partial charge on any atom is -0.377 e. The van der Waals surface area contributed by atoms with E-state index < -0.39 is 11.6 Å². The van der Waals surface area contributed by atoms with Gasteiger partial charge in [0.05, 0.1) is 25.7 Å². The van der Waals surface area contributed by atoms with E-state index >= 15 is 0 Å². The third kappa shape index (κ3) is 2.55. The Morgan fingerprint density at radius 3 is 2.69 bits per heavy atom. The highest BCUT2D eigenvalue weighted by Gasteiger charge is 2.20. The number of benzene rings is 1. The lowest BCUT2D eigenvalue weighted by molar-refractivity contribution is -0.124. The van der Waals surface area contributed by atoms with Crippen LogP contribution in [-0.2, 0) is 16.0 Å². The van der Waals surface area contributed by atoms with E-state index in [0.717, 1.165) is 12.1 Å². The van der Waals surface area contributed by atoms with Gasteiger partial charge in [0, 0.05) is 0 Å². The molecule has 0 atom stereocenters. The Morgan fingerprint density at radius 2 is 2.12 bits per heavy atom. The Kier molecular flexibility index (Phi) is 3.14. The van der Waals surface area contributed by atoms with E-state index in [-0.39, 0.29) is 18.4 Å². The maximum atomic E-state index is 12.8. The summed E-state index contributed by atoms with van der Waals surface area (Å²) < 4.78 is 30.4. The summed E-state index contributed by atoms with van der Waals surface area (Å²) in [5.74, 6) is -2.05. The molecular weight excluding hydrogens is 216 g/mol. The average molecular weight is 227 g/mol. The first-order chi connectivity index (χ1) is 7.65. The second-order valence-corrected chi connectivity index (χ2v) is 3.73. The summed E-state index contributed by atoms with van der Waals surface area (Å²) >= 11 is 0. The van der Waals surface area contributed by atoms with E-state index in [1.54, 1.807) is 0 Å². The molecule has 0 bridgehead atoms. The van der Waals surface area contributed by atoms with Gasteiger partial charge in [-0.25, -0.2) is 8.78 Å². The first-order valence-corrected chi connectivity index (χ1v) is 4.96. The van der Waals surface area contributed by atoms with E-state index in [0.29, 0.717) is 18.8 Å². The van der Waals surface area contributed by atoms with Crippen molar-refractivity contribution in [1.82, 2.24) is 5.32 Å². The van der Waals surface area contributed by atoms with E-state index in [1.807, 2.05) is 0 Å². The molecule has 3 nitrogen and oxygen atoms in total. The third-order valence-corrected chi connectivity index (χ3v) is 2.35. The van der Waals surface area contributed by atoms with Gasteiger partial charge in [-0.05, 0) is 17.7 Å². The Labute approximate surface area is 91.4 Å². The molecule has 86 valence electrons. The number of nitrogens with one attached hydrogen (secondary N) is 1. The second kappa shape index (κ2) is 4.57. The minimum atomic E-state index is -0.933. The largest absolute Gasteiger partial charge is 0.377 e. The van der Waals surface area contributed by atoms with Crippen molar-refractivity contribution in [3.05, 3.63) is 35.4 Å². The Balaban J connectivity index is 1.92. The van der Waals surface area contributed by atoms with Gasteiger partial charge in [0.25, 0.3) is 0 Å². The molecule has 0 unspecified atom stereocenters. The minimum absolute atomic E-state index is 0.0493. The summed E-state index contributed by atoms with van der Waals surface area (Å²) in [4.78, 5) is 11.4. The molecule has 1 N–H and O–H groups in total. The number of rotatable bonds is 3. The molecule has 1 heterocycles. The zero-order chi connectivity index (χ0) is 11.5. The van der Waals surface area contributed by atoms with Crippen molar-refractivity contribution >= 4 is 5.91 Å². The van der Waals surface area contributed by atoms with Crippen LogP contribution in [0.4, 0.5) is 8.78 Å². The molecule has 1 fully saturated rings. The number of hydrogen-bond acceptors (Lipinski definition) is 2. The monoisotopic (exact) mass is 227 g/mol. The summed E-state index contributed by atoms with van der Waals surface area (Å²) in [6.07, 6.45) is 0.0493. The van der Waals surface area contributed by atoms with Crippen LogP contribution in [-0.4, -0.2) is 25.2 Å². The molecule has 1 aromatic carbocycles. The zero-order valence-corrected chi connectivity index (χ0v) is 8.50. The lowest BCUT2D eigenvalue weighted by Gasteiger charge is -2.26. The van der Waals surface area contributed by atoms with Gasteiger partial charge in [-0.15, -0.1) is 0 Å². The van der Waals surface area contributed by atoms with Gasteiger partial charge in [0.1, 0.15) is 0 Å². The van der Waals surface area contributed by atoms with Crippen LogP contribution in [0.25, 0.3) is 0 Å². The smallest absolute Gasteiger partial charge is 0.224 e. The van der Waals surface area contributed by atoms with Crippen LogP contribution in [0.15, 0.2) is 18.2 Å². The van der Waals surface area contributed by atoms with Crippen LogP contribution in [0.2, 0.25) is 0 Å². The topological polar surface area (TPSA) is 38.3 Å². The van der Waals surface area contributed by atoms with Gasteiger partial charge < -0.3 is 10.1 Å². The maximum absolute atomic E-state index is 12.8. The summed E-state index contributed by atoms with van der Waals surface area (Å²) in [7, 11) is 0. The van der Waals surface area contributed by atoms with Gasteiger partial charge in [-0.3, -0.25) is 4.79 Å². The molecule has 0 aliphatic carbocycles. The number of amides is 1. The highest BCUT2D eigenvalue weighted by Crippen LogP contribution is 2.09. The molecule has 0 spiro atoms. The van der Waals surface area contributed by atoms with Crippen molar-refractivity contribution in [3.63, 3.8) is 0 Å². The average Bonchev–Trinajstić information content (AvgIpc) is 2.18. The fraction of sp³-hybridized carbons (Fsp3) is 0.364. The molecule has 1 aliphatic rings. The van der Waals surface area contributed by atoms with Crippen LogP contribution in [0, 0.1) is 11.6 Å². The van der Waals surface area contributed by atoms with Gasteiger partial charge in [0.2, 0.25) is 5.91 Å². The molecule has 0 radical (unpaired) electrons. The first kappa shape index (κ1) is 11.0. The van der Waals surface area contributed by atoms with Crippen molar-refractivity contribution in [2.45, 2.75) is 12.5 Å². The van der Waals surface area contributed by atoms with Crippen molar-refractivity contribution in [2.75, 3.05) is 13.2 Å². The van der Waals surface area contributed by atoms with Crippen molar-refractivity contribution in [1.29, 1.82) is 0 Å². The fourth-order valence-corrected chi connectivity index (χ4v) is 1.43. The molecule has 2 rings (SSSR count). The Morgan fingerprint density at radius 1 is 1.38 bits per heavy atom. The van der Waals surface area contributed by atoms with Crippen molar-refractivity contribution in [2.24, 2.45) is 0 Å². The SMILES string of the molecule is O=C(Cc1ccc(F)c(F)c1)NC1COC1. The highest BCUT2D eigenvalue weighted by atomic mass is 19.2. The quantitative estimate of drug-likeness (QED) is 0.837. The van der Waals surface area contributed by atoms with E-state index in [1.165, 1.54) is 6.07 Å². The number of ether oxygens (including phenoxy) is 1. The first-order valence-electron chi connectivity index (χ1n) is 4.96.